The summed E-state index contributed by atoms with van der Waals surface area (Å²) in [7, 11) is 0. The lowest BCUT2D eigenvalue weighted by atomic mass is 9.71. The molecule has 0 aromatic heterocycles. The van der Waals surface area contributed by atoms with Crippen LogP contribution in [-0.4, -0.2) is 65.5 Å². The van der Waals surface area contributed by atoms with Gasteiger partial charge in [-0.25, -0.2) is 9.59 Å². The second-order valence-electron chi connectivity index (χ2n) is 9.13. The van der Waals surface area contributed by atoms with E-state index in [1.807, 2.05) is 51.1 Å². The van der Waals surface area contributed by atoms with Gasteiger partial charge in [0.15, 0.2) is 0 Å². The maximum Gasteiger partial charge on any atom is 0.410 e. The summed E-state index contributed by atoms with van der Waals surface area (Å²) in [4.78, 5) is 28.3. The number of likely N-dealkylation sites (tertiary alicyclic amines) is 2. The maximum absolute atomic E-state index is 12.6. The predicted octanol–water partition coefficient (Wildman–Crippen LogP) is 3.26. The smallest absolute Gasteiger partial charge is 0.410 e. The third-order valence-corrected chi connectivity index (χ3v) is 5.91. The van der Waals surface area contributed by atoms with E-state index in [1.54, 1.807) is 9.80 Å². The SMILES string of the molecule is CC(C)(C)OC(=O)N1CCC2(CC1)CN(C(=O)OCc1ccccc1)CC2CO. The van der Waals surface area contributed by atoms with Crippen LogP contribution in [0.25, 0.3) is 0 Å². The van der Waals surface area contributed by atoms with Crippen molar-refractivity contribution in [2.75, 3.05) is 32.8 Å². The number of nitrogens with zero attached hydrogens (tertiary/aromatic N) is 2. The molecular weight excluding hydrogens is 372 g/mol. The topological polar surface area (TPSA) is 79.3 Å². The molecule has 0 aliphatic carbocycles. The Kier molecular flexibility index (Phi) is 6.36. The molecule has 2 aliphatic rings. The minimum Gasteiger partial charge on any atom is -0.445 e. The fourth-order valence-corrected chi connectivity index (χ4v) is 4.26. The van der Waals surface area contributed by atoms with Crippen LogP contribution in [0.5, 0.6) is 0 Å². The van der Waals surface area contributed by atoms with Gasteiger partial charge >= 0.3 is 12.2 Å². The van der Waals surface area contributed by atoms with Crippen molar-refractivity contribution < 1.29 is 24.2 Å². The van der Waals surface area contributed by atoms with Gasteiger partial charge in [0.05, 0.1) is 0 Å². The van der Waals surface area contributed by atoms with E-state index in [1.165, 1.54) is 0 Å². The van der Waals surface area contributed by atoms with Crippen molar-refractivity contribution in [2.45, 2.75) is 45.8 Å². The molecule has 1 N–H and O–H groups in total. The van der Waals surface area contributed by atoms with Crippen LogP contribution in [0, 0.1) is 11.3 Å². The van der Waals surface area contributed by atoms with Gasteiger partial charge in [-0.05, 0) is 44.6 Å². The molecule has 1 unspecified atom stereocenters. The van der Waals surface area contributed by atoms with E-state index in [9.17, 15) is 14.7 Å². The van der Waals surface area contributed by atoms with E-state index < -0.39 is 5.60 Å². The fraction of sp³-hybridized carbons (Fsp3) is 0.636. The molecule has 3 rings (SSSR count). The molecule has 0 radical (unpaired) electrons. The van der Waals surface area contributed by atoms with E-state index in [-0.39, 0.29) is 36.7 Å². The van der Waals surface area contributed by atoms with Gasteiger partial charge in [-0.15, -0.1) is 0 Å². The zero-order valence-corrected chi connectivity index (χ0v) is 17.6. The summed E-state index contributed by atoms with van der Waals surface area (Å²) >= 11 is 0. The van der Waals surface area contributed by atoms with Crippen molar-refractivity contribution in [3.8, 4) is 0 Å². The second-order valence-corrected chi connectivity index (χ2v) is 9.13. The number of carbonyl (C=O) groups excluding carboxylic acids is 2. The normalized spacial score (nSPS) is 21.3. The highest BCUT2D eigenvalue weighted by molar-refractivity contribution is 5.69. The van der Waals surface area contributed by atoms with Gasteiger partial charge in [0.2, 0.25) is 0 Å². The van der Waals surface area contributed by atoms with Gasteiger partial charge in [-0.3, -0.25) is 0 Å². The Bertz CT molecular complexity index is 708. The Morgan fingerprint density at radius 2 is 1.76 bits per heavy atom. The van der Waals surface area contributed by atoms with Crippen LogP contribution in [0.1, 0.15) is 39.2 Å². The molecule has 7 heteroatoms. The minimum absolute atomic E-state index is 0.00689. The van der Waals surface area contributed by atoms with Crippen LogP contribution in [0.4, 0.5) is 9.59 Å². The fourth-order valence-electron chi connectivity index (χ4n) is 4.26. The van der Waals surface area contributed by atoms with Gasteiger partial charge in [-0.2, -0.15) is 0 Å². The van der Waals surface area contributed by atoms with Crippen molar-refractivity contribution in [3.05, 3.63) is 35.9 Å². The summed E-state index contributed by atoms with van der Waals surface area (Å²) in [5.41, 5.74) is 0.241. The first kappa shape index (κ1) is 21.4. The second kappa shape index (κ2) is 8.61. The van der Waals surface area contributed by atoms with Crippen molar-refractivity contribution in [2.24, 2.45) is 11.3 Å². The average Bonchev–Trinajstić information content (AvgIpc) is 3.04. The monoisotopic (exact) mass is 404 g/mol. The number of aliphatic hydroxyl groups excluding tert-OH is 1. The van der Waals surface area contributed by atoms with E-state index in [0.29, 0.717) is 26.2 Å². The summed E-state index contributed by atoms with van der Waals surface area (Å²) in [6.45, 7) is 7.99. The van der Waals surface area contributed by atoms with Gasteiger partial charge in [0, 0.05) is 38.7 Å². The summed E-state index contributed by atoms with van der Waals surface area (Å²) in [5.74, 6) is -0.00689. The molecule has 7 nitrogen and oxygen atoms in total. The number of hydrogen-bond donors (Lipinski definition) is 1. The number of hydrogen-bond acceptors (Lipinski definition) is 5. The molecule has 1 spiro atoms. The largest absolute Gasteiger partial charge is 0.445 e. The third kappa shape index (κ3) is 5.21. The van der Waals surface area contributed by atoms with Crippen LogP contribution >= 0.6 is 0 Å². The van der Waals surface area contributed by atoms with Crippen LogP contribution in [0.3, 0.4) is 0 Å². The van der Waals surface area contributed by atoms with Crippen LogP contribution in [0.2, 0.25) is 0 Å². The molecule has 1 atom stereocenters. The highest BCUT2D eigenvalue weighted by atomic mass is 16.6. The van der Waals surface area contributed by atoms with E-state index in [4.69, 9.17) is 9.47 Å². The predicted molar refractivity (Wildman–Crippen MR) is 108 cm³/mol. The number of piperidine rings is 1. The molecule has 2 saturated heterocycles. The number of ether oxygens (including phenoxy) is 2. The lowest BCUT2D eigenvalue weighted by molar-refractivity contribution is 0.00167. The van der Waals surface area contributed by atoms with Gasteiger partial charge in [0.1, 0.15) is 12.2 Å². The molecule has 2 aliphatic heterocycles. The summed E-state index contributed by atoms with van der Waals surface area (Å²) in [6, 6.07) is 9.58. The highest BCUT2D eigenvalue weighted by Gasteiger charge is 2.50. The van der Waals surface area contributed by atoms with Crippen molar-refractivity contribution in [1.82, 2.24) is 9.80 Å². The highest BCUT2D eigenvalue weighted by Crippen LogP contribution is 2.44. The van der Waals surface area contributed by atoms with Crippen molar-refractivity contribution in [1.29, 1.82) is 0 Å². The average molecular weight is 405 g/mol. The summed E-state index contributed by atoms with van der Waals surface area (Å²) in [5, 5.41) is 9.93. The number of aliphatic hydroxyl groups is 1. The summed E-state index contributed by atoms with van der Waals surface area (Å²) in [6.07, 6.45) is 0.823. The van der Waals surface area contributed by atoms with E-state index >= 15 is 0 Å². The van der Waals surface area contributed by atoms with Gasteiger partial charge in [0.25, 0.3) is 0 Å². The number of carbonyl (C=O) groups is 2. The summed E-state index contributed by atoms with van der Waals surface area (Å²) < 4.78 is 10.9. The maximum atomic E-state index is 12.6. The molecule has 160 valence electrons. The molecule has 29 heavy (non-hydrogen) atoms. The first-order chi connectivity index (χ1) is 13.7. The van der Waals surface area contributed by atoms with Crippen molar-refractivity contribution in [3.63, 3.8) is 0 Å². The first-order valence-corrected chi connectivity index (χ1v) is 10.3. The Morgan fingerprint density at radius 1 is 1.10 bits per heavy atom. The van der Waals surface area contributed by atoms with Crippen LogP contribution in [-0.2, 0) is 16.1 Å². The quantitative estimate of drug-likeness (QED) is 0.836. The van der Waals surface area contributed by atoms with Crippen LogP contribution in [0.15, 0.2) is 30.3 Å². The molecule has 1 aromatic carbocycles. The van der Waals surface area contributed by atoms with E-state index in [0.717, 1.165) is 18.4 Å². The number of rotatable bonds is 3. The zero-order valence-electron chi connectivity index (χ0n) is 17.6. The van der Waals surface area contributed by atoms with E-state index in [2.05, 4.69) is 0 Å². The Hall–Kier alpha value is -2.28. The lowest BCUT2D eigenvalue weighted by Gasteiger charge is -2.42. The molecule has 1 aromatic rings. The van der Waals surface area contributed by atoms with Crippen LogP contribution < -0.4 is 0 Å². The molecule has 2 fully saturated rings. The van der Waals surface area contributed by atoms with Gasteiger partial charge in [-0.1, -0.05) is 30.3 Å². The Balaban J connectivity index is 1.56. The van der Waals surface area contributed by atoms with Gasteiger partial charge < -0.3 is 24.4 Å². The standard InChI is InChI=1S/C22H32N2O5/c1-21(2,3)29-20(27)23-11-9-22(10-12-23)16-24(13-18(22)14-25)19(26)28-15-17-7-5-4-6-8-17/h4-8,18,25H,9-16H2,1-3H3. The number of amides is 2. The molecule has 0 bridgehead atoms. The Morgan fingerprint density at radius 3 is 2.34 bits per heavy atom. The zero-order chi connectivity index (χ0) is 21.1. The third-order valence-electron chi connectivity index (χ3n) is 5.91. The first-order valence-electron chi connectivity index (χ1n) is 10.3. The molecule has 0 saturated carbocycles. The molecular formula is C22H32N2O5. The molecule has 2 heterocycles. The lowest BCUT2D eigenvalue weighted by Crippen LogP contribution is -2.48. The number of benzene rings is 1. The van der Waals surface area contributed by atoms with Crippen molar-refractivity contribution >= 4 is 12.2 Å². The molecule has 2 amide bonds. The minimum atomic E-state index is -0.521. The Labute approximate surface area is 172 Å².